The summed E-state index contributed by atoms with van der Waals surface area (Å²) >= 11 is 0. The Morgan fingerprint density at radius 2 is 1.59 bits per heavy atom. The number of benzene rings is 3. The lowest BCUT2D eigenvalue weighted by Gasteiger charge is -2.35. The number of morpholine rings is 1. The van der Waals surface area contributed by atoms with Crippen LogP contribution in [-0.4, -0.2) is 75.1 Å². The molecule has 41 heavy (non-hydrogen) atoms. The second-order valence-corrected chi connectivity index (χ2v) is 10.6. The van der Waals surface area contributed by atoms with E-state index in [9.17, 15) is 4.79 Å². The van der Waals surface area contributed by atoms with Gasteiger partial charge in [-0.25, -0.2) is 4.98 Å². The molecular formula is C32H33N5O4. The Bertz CT molecular complexity index is 1550. The number of nitrogens with zero attached hydrogens (tertiary/aromatic N) is 4. The van der Waals surface area contributed by atoms with Crippen LogP contribution < -0.4 is 24.6 Å². The molecule has 3 aliphatic rings. The predicted octanol–water partition coefficient (Wildman–Crippen LogP) is 4.37. The van der Waals surface area contributed by atoms with E-state index in [0.717, 1.165) is 98.6 Å². The number of hydrogen-bond donors (Lipinski definition) is 1. The molecule has 7 rings (SSSR count). The molecular weight excluding hydrogens is 518 g/mol. The van der Waals surface area contributed by atoms with E-state index in [2.05, 4.69) is 44.3 Å². The first-order valence-corrected chi connectivity index (χ1v) is 14.2. The van der Waals surface area contributed by atoms with Crippen molar-refractivity contribution in [1.82, 2.24) is 9.88 Å². The number of aromatic nitrogens is 1. The highest BCUT2D eigenvalue weighted by molar-refractivity contribution is 6.13. The number of piperazine rings is 1. The average Bonchev–Trinajstić information content (AvgIpc) is 3.50. The second-order valence-electron chi connectivity index (χ2n) is 10.6. The van der Waals surface area contributed by atoms with E-state index in [1.807, 2.05) is 48.5 Å². The average molecular weight is 552 g/mol. The van der Waals surface area contributed by atoms with Crippen LogP contribution >= 0.6 is 0 Å². The van der Waals surface area contributed by atoms with E-state index in [1.165, 1.54) is 5.56 Å². The molecule has 0 unspecified atom stereocenters. The Morgan fingerprint density at radius 3 is 2.41 bits per heavy atom. The number of carbonyl (C=O) groups excluding carboxylic acids is 1. The number of ether oxygens (including phenoxy) is 3. The number of amides is 1. The lowest BCUT2D eigenvalue weighted by Crippen LogP contribution is -2.46. The molecule has 1 aromatic heterocycles. The number of carbonyl (C=O) groups is 1. The van der Waals surface area contributed by atoms with Crippen molar-refractivity contribution in [1.29, 1.82) is 0 Å². The largest absolute Gasteiger partial charge is 0.454 e. The highest BCUT2D eigenvalue weighted by atomic mass is 16.7. The van der Waals surface area contributed by atoms with Crippen molar-refractivity contribution in [3.63, 3.8) is 0 Å². The SMILES string of the molecule is O=C(Nc1ccc(N2CCOCC2)cc1)c1cc(N2CCN(Cc3ccc4c(c3)OCO4)CC2)nc2ccccc12. The Labute approximate surface area is 239 Å². The molecule has 3 aromatic carbocycles. The zero-order valence-corrected chi connectivity index (χ0v) is 22.9. The lowest BCUT2D eigenvalue weighted by atomic mass is 10.1. The standard InChI is InChI=1S/C32H33N5O4/c38-32(33-24-6-8-25(9-7-24)36-15-17-39-18-16-36)27-20-31(34-28-4-2-1-3-26(27)28)37-13-11-35(12-14-37)21-23-5-10-29-30(19-23)41-22-40-29/h1-10,19-20H,11-18,21-22H2,(H,33,38). The normalized spacial score (nSPS) is 17.2. The van der Waals surface area contributed by atoms with Crippen LogP contribution in [0.1, 0.15) is 15.9 Å². The Kier molecular flexibility index (Phi) is 7.04. The minimum Gasteiger partial charge on any atom is -0.454 e. The van der Waals surface area contributed by atoms with Gasteiger partial charge in [-0.1, -0.05) is 24.3 Å². The molecule has 210 valence electrons. The molecule has 4 aromatic rings. The molecule has 0 atom stereocenters. The lowest BCUT2D eigenvalue weighted by molar-refractivity contribution is 0.102. The fourth-order valence-electron chi connectivity index (χ4n) is 5.72. The number of fused-ring (bicyclic) bond motifs is 2. The summed E-state index contributed by atoms with van der Waals surface area (Å²) in [7, 11) is 0. The van der Waals surface area contributed by atoms with Gasteiger partial charge in [-0.3, -0.25) is 9.69 Å². The number of hydrogen-bond acceptors (Lipinski definition) is 8. The summed E-state index contributed by atoms with van der Waals surface area (Å²) in [4.78, 5) is 25.5. The molecule has 4 heterocycles. The van der Waals surface area contributed by atoms with Crippen molar-refractivity contribution in [3.05, 3.63) is 83.9 Å². The summed E-state index contributed by atoms with van der Waals surface area (Å²) in [6.07, 6.45) is 0. The van der Waals surface area contributed by atoms with E-state index >= 15 is 0 Å². The van der Waals surface area contributed by atoms with Gasteiger partial charge in [-0.15, -0.1) is 0 Å². The van der Waals surface area contributed by atoms with Gasteiger partial charge in [-0.2, -0.15) is 0 Å². The molecule has 9 heteroatoms. The molecule has 0 bridgehead atoms. The molecule has 0 spiro atoms. The van der Waals surface area contributed by atoms with Crippen molar-refractivity contribution >= 4 is 34.0 Å². The van der Waals surface area contributed by atoms with E-state index in [0.29, 0.717) is 5.56 Å². The molecule has 1 N–H and O–H groups in total. The summed E-state index contributed by atoms with van der Waals surface area (Å²) < 4.78 is 16.4. The van der Waals surface area contributed by atoms with Gasteiger partial charge in [0.15, 0.2) is 11.5 Å². The molecule has 1 amide bonds. The first kappa shape index (κ1) is 25.6. The van der Waals surface area contributed by atoms with Crippen molar-refractivity contribution < 1.29 is 19.0 Å². The summed E-state index contributed by atoms with van der Waals surface area (Å²) in [5.41, 5.74) is 4.57. The highest BCUT2D eigenvalue weighted by Crippen LogP contribution is 2.33. The molecule has 9 nitrogen and oxygen atoms in total. The Hall–Kier alpha value is -4.34. The van der Waals surface area contributed by atoms with Crippen LogP contribution in [0.2, 0.25) is 0 Å². The Balaban J connectivity index is 1.05. The monoisotopic (exact) mass is 551 g/mol. The molecule has 0 aliphatic carbocycles. The molecule has 2 fully saturated rings. The first-order valence-electron chi connectivity index (χ1n) is 14.2. The minimum absolute atomic E-state index is 0.134. The van der Waals surface area contributed by atoms with Crippen LogP contribution in [0.25, 0.3) is 10.9 Å². The van der Waals surface area contributed by atoms with E-state index in [4.69, 9.17) is 19.2 Å². The van der Waals surface area contributed by atoms with Gasteiger partial charge in [0, 0.05) is 62.6 Å². The third-order valence-electron chi connectivity index (χ3n) is 7.99. The van der Waals surface area contributed by atoms with Gasteiger partial charge in [-0.05, 0) is 54.1 Å². The highest BCUT2D eigenvalue weighted by Gasteiger charge is 2.22. The number of pyridine rings is 1. The van der Waals surface area contributed by atoms with Gasteiger partial charge in [0.1, 0.15) is 5.82 Å². The predicted molar refractivity (Wildman–Crippen MR) is 159 cm³/mol. The number of rotatable bonds is 6. The fraction of sp³-hybridized carbons (Fsp3) is 0.312. The van der Waals surface area contributed by atoms with Crippen molar-refractivity contribution in [3.8, 4) is 11.5 Å². The third kappa shape index (κ3) is 5.51. The second kappa shape index (κ2) is 11.3. The molecule has 2 saturated heterocycles. The molecule has 3 aliphatic heterocycles. The maximum atomic E-state index is 13.6. The smallest absolute Gasteiger partial charge is 0.256 e. The molecule has 0 radical (unpaired) electrons. The summed E-state index contributed by atoms with van der Waals surface area (Å²) in [6.45, 7) is 7.86. The van der Waals surface area contributed by atoms with Crippen LogP contribution in [0.5, 0.6) is 11.5 Å². The van der Waals surface area contributed by atoms with E-state index < -0.39 is 0 Å². The van der Waals surface area contributed by atoms with Crippen molar-refractivity contribution in [2.75, 3.05) is 74.4 Å². The van der Waals surface area contributed by atoms with Crippen LogP contribution in [0.4, 0.5) is 17.2 Å². The van der Waals surface area contributed by atoms with Crippen LogP contribution in [0.15, 0.2) is 72.8 Å². The minimum atomic E-state index is -0.134. The van der Waals surface area contributed by atoms with E-state index in [-0.39, 0.29) is 12.7 Å². The molecule has 0 saturated carbocycles. The maximum absolute atomic E-state index is 13.6. The van der Waals surface area contributed by atoms with Crippen LogP contribution in [0, 0.1) is 0 Å². The fourth-order valence-corrected chi connectivity index (χ4v) is 5.72. The van der Waals surface area contributed by atoms with Crippen molar-refractivity contribution in [2.45, 2.75) is 6.54 Å². The first-order chi connectivity index (χ1) is 20.2. The van der Waals surface area contributed by atoms with Gasteiger partial charge in [0.2, 0.25) is 6.79 Å². The summed E-state index contributed by atoms with van der Waals surface area (Å²) in [5.74, 6) is 2.33. The zero-order valence-electron chi connectivity index (χ0n) is 22.9. The third-order valence-corrected chi connectivity index (χ3v) is 7.99. The van der Waals surface area contributed by atoms with Gasteiger partial charge in [0.25, 0.3) is 5.91 Å². The topological polar surface area (TPSA) is 79.4 Å². The zero-order chi connectivity index (χ0) is 27.6. The summed E-state index contributed by atoms with van der Waals surface area (Å²) in [6, 6.07) is 24.0. The number of para-hydroxylation sites is 1. The number of anilines is 3. The van der Waals surface area contributed by atoms with Gasteiger partial charge in [0.05, 0.1) is 24.3 Å². The summed E-state index contributed by atoms with van der Waals surface area (Å²) in [5, 5.41) is 3.95. The van der Waals surface area contributed by atoms with Crippen LogP contribution in [0.3, 0.4) is 0 Å². The Morgan fingerprint density at radius 1 is 0.805 bits per heavy atom. The van der Waals surface area contributed by atoms with Crippen LogP contribution in [-0.2, 0) is 11.3 Å². The van der Waals surface area contributed by atoms with E-state index in [1.54, 1.807) is 0 Å². The maximum Gasteiger partial charge on any atom is 0.256 e. The van der Waals surface area contributed by atoms with Gasteiger partial charge >= 0.3 is 0 Å². The van der Waals surface area contributed by atoms with Crippen molar-refractivity contribution in [2.24, 2.45) is 0 Å². The quantitative estimate of drug-likeness (QED) is 0.379. The number of nitrogens with one attached hydrogen (secondary N) is 1. The van der Waals surface area contributed by atoms with Gasteiger partial charge < -0.3 is 29.3 Å².